The highest BCUT2D eigenvalue weighted by Crippen LogP contribution is 2.37. The van der Waals surface area contributed by atoms with Crippen LogP contribution in [0.1, 0.15) is 52.4 Å². The monoisotopic (exact) mass is 237 g/mol. The Balaban J connectivity index is 2.60. The average Bonchev–Trinajstić information content (AvgIpc) is 2.24. The molecule has 0 saturated carbocycles. The fourth-order valence-corrected chi connectivity index (χ4v) is 2.43. The summed E-state index contributed by atoms with van der Waals surface area (Å²) in [4.78, 5) is 25.1. The number of imide groups is 1. The van der Waals surface area contributed by atoms with Crippen molar-refractivity contribution in [2.24, 2.45) is 5.41 Å². The molecule has 0 aromatic carbocycles. The second kappa shape index (κ2) is 5.99. The molecule has 1 rings (SSSR count). The lowest BCUT2D eigenvalue weighted by Crippen LogP contribution is -2.46. The fraction of sp³-hybridized carbons (Fsp3) is 0.714. The molecule has 0 radical (unpaired) electrons. The molecule has 1 fully saturated rings. The molecule has 96 valence electrons. The highest BCUT2D eigenvalue weighted by molar-refractivity contribution is 5.98. The van der Waals surface area contributed by atoms with E-state index >= 15 is 0 Å². The second-order valence-corrected chi connectivity index (χ2v) is 5.31. The van der Waals surface area contributed by atoms with E-state index in [1.54, 1.807) is 6.08 Å². The molecule has 0 aromatic heterocycles. The number of carbonyl (C=O) groups excluding carboxylic acids is 2. The van der Waals surface area contributed by atoms with Crippen molar-refractivity contribution in [1.82, 2.24) is 4.90 Å². The molecular weight excluding hydrogens is 214 g/mol. The van der Waals surface area contributed by atoms with Crippen LogP contribution in [0, 0.1) is 5.41 Å². The highest BCUT2D eigenvalue weighted by atomic mass is 16.2. The van der Waals surface area contributed by atoms with Crippen molar-refractivity contribution in [1.29, 1.82) is 0 Å². The number of likely N-dealkylation sites (tertiary alicyclic amines) is 1. The quantitative estimate of drug-likeness (QED) is 0.404. The van der Waals surface area contributed by atoms with E-state index in [1.165, 1.54) is 17.7 Å². The minimum atomic E-state index is -0.124. The van der Waals surface area contributed by atoms with Gasteiger partial charge in [0.2, 0.25) is 11.8 Å². The first-order chi connectivity index (χ1) is 8.02. The number of carbonyl (C=O) groups is 2. The van der Waals surface area contributed by atoms with E-state index in [0.29, 0.717) is 19.4 Å². The van der Waals surface area contributed by atoms with Gasteiger partial charge in [0.1, 0.15) is 0 Å². The Morgan fingerprint density at radius 2 is 1.88 bits per heavy atom. The van der Waals surface area contributed by atoms with Crippen molar-refractivity contribution >= 4 is 11.8 Å². The van der Waals surface area contributed by atoms with Gasteiger partial charge in [-0.05, 0) is 11.8 Å². The maximum Gasteiger partial charge on any atom is 0.230 e. The van der Waals surface area contributed by atoms with Gasteiger partial charge in [-0.25, -0.2) is 0 Å². The minimum absolute atomic E-state index is 0.0415. The summed E-state index contributed by atoms with van der Waals surface area (Å²) in [5.74, 6) is -0.0831. The SMILES string of the molecule is C=CCN1C(=O)CC(C)(CCCCC)CC1=O. The number of unbranched alkanes of at least 4 members (excludes halogenated alkanes) is 2. The van der Waals surface area contributed by atoms with E-state index < -0.39 is 0 Å². The highest BCUT2D eigenvalue weighted by Gasteiger charge is 2.39. The first-order valence-corrected chi connectivity index (χ1v) is 6.46. The lowest BCUT2D eigenvalue weighted by molar-refractivity contribution is -0.152. The zero-order chi connectivity index (χ0) is 12.9. The van der Waals surface area contributed by atoms with Gasteiger partial charge in [-0.3, -0.25) is 14.5 Å². The maximum absolute atomic E-state index is 11.9. The normalized spacial score (nSPS) is 19.5. The van der Waals surface area contributed by atoms with E-state index in [0.717, 1.165) is 12.8 Å². The van der Waals surface area contributed by atoms with Gasteiger partial charge in [-0.2, -0.15) is 0 Å². The number of hydrogen-bond acceptors (Lipinski definition) is 2. The van der Waals surface area contributed by atoms with Crippen LogP contribution in [-0.2, 0) is 9.59 Å². The molecule has 0 N–H and O–H groups in total. The minimum Gasteiger partial charge on any atom is -0.279 e. The van der Waals surface area contributed by atoms with Crippen LogP contribution >= 0.6 is 0 Å². The summed E-state index contributed by atoms with van der Waals surface area (Å²) in [6.45, 7) is 8.14. The molecule has 1 saturated heterocycles. The Kier molecular flexibility index (Phi) is 4.91. The van der Waals surface area contributed by atoms with Crippen molar-refractivity contribution < 1.29 is 9.59 Å². The van der Waals surface area contributed by atoms with Crippen LogP contribution in [0.2, 0.25) is 0 Å². The average molecular weight is 237 g/mol. The third-order valence-corrected chi connectivity index (χ3v) is 3.45. The Bertz CT molecular complexity index is 291. The molecule has 0 unspecified atom stereocenters. The lowest BCUT2D eigenvalue weighted by atomic mass is 9.75. The van der Waals surface area contributed by atoms with Crippen LogP contribution in [0.5, 0.6) is 0 Å². The largest absolute Gasteiger partial charge is 0.279 e. The third-order valence-electron chi connectivity index (χ3n) is 3.45. The number of nitrogens with zero attached hydrogens (tertiary/aromatic N) is 1. The van der Waals surface area contributed by atoms with Crippen molar-refractivity contribution in [3.05, 3.63) is 12.7 Å². The van der Waals surface area contributed by atoms with Gasteiger partial charge in [-0.1, -0.05) is 39.2 Å². The molecular formula is C14H23NO2. The smallest absolute Gasteiger partial charge is 0.230 e. The number of amides is 2. The zero-order valence-electron chi connectivity index (χ0n) is 11.0. The van der Waals surface area contributed by atoms with E-state index in [4.69, 9.17) is 0 Å². The Morgan fingerprint density at radius 1 is 1.29 bits per heavy atom. The second-order valence-electron chi connectivity index (χ2n) is 5.31. The van der Waals surface area contributed by atoms with Gasteiger partial charge < -0.3 is 0 Å². The third kappa shape index (κ3) is 3.69. The molecule has 3 heteroatoms. The number of piperidine rings is 1. The van der Waals surface area contributed by atoms with Crippen LogP contribution in [-0.4, -0.2) is 23.3 Å². The Morgan fingerprint density at radius 3 is 2.35 bits per heavy atom. The van der Waals surface area contributed by atoms with E-state index in [-0.39, 0.29) is 17.2 Å². The summed E-state index contributed by atoms with van der Waals surface area (Å²) in [5, 5.41) is 0. The molecule has 2 amide bonds. The summed E-state index contributed by atoms with van der Waals surface area (Å²) >= 11 is 0. The standard InChI is InChI=1S/C14H23NO2/c1-4-6-7-8-14(3)10-12(16)15(9-5-2)13(17)11-14/h5H,2,4,6-11H2,1,3H3. The van der Waals surface area contributed by atoms with E-state index in [2.05, 4.69) is 20.4 Å². The van der Waals surface area contributed by atoms with E-state index in [1.807, 2.05) is 0 Å². The summed E-state index contributed by atoms with van der Waals surface area (Å²) in [6, 6.07) is 0. The summed E-state index contributed by atoms with van der Waals surface area (Å²) in [7, 11) is 0. The molecule has 0 atom stereocenters. The molecule has 17 heavy (non-hydrogen) atoms. The van der Waals surface area contributed by atoms with Crippen LogP contribution in [0.25, 0.3) is 0 Å². The van der Waals surface area contributed by atoms with Gasteiger partial charge >= 0.3 is 0 Å². The molecule has 1 heterocycles. The first kappa shape index (κ1) is 13.9. The molecule has 0 bridgehead atoms. The molecule has 0 aromatic rings. The van der Waals surface area contributed by atoms with Gasteiger partial charge in [0, 0.05) is 19.4 Å². The van der Waals surface area contributed by atoms with Crippen LogP contribution in [0.3, 0.4) is 0 Å². The molecule has 1 aliphatic rings. The van der Waals surface area contributed by atoms with Crippen LogP contribution < -0.4 is 0 Å². The topological polar surface area (TPSA) is 37.4 Å². The maximum atomic E-state index is 11.9. The number of rotatable bonds is 6. The van der Waals surface area contributed by atoms with Gasteiger partial charge in [0.05, 0.1) is 0 Å². The van der Waals surface area contributed by atoms with Gasteiger partial charge in [0.25, 0.3) is 0 Å². The van der Waals surface area contributed by atoms with Crippen LogP contribution in [0.15, 0.2) is 12.7 Å². The van der Waals surface area contributed by atoms with Crippen molar-refractivity contribution in [3.63, 3.8) is 0 Å². The summed E-state index contributed by atoms with van der Waals surface area (Å²) < 4.78 is 0. The molecule has 0 aliphatic carbocycles. The molecule has 0 spiro atoms. The lowest BCUT2D eigenvalue weighted by Gasteiger charge is -2.37. The van der Waals surface area contributed by atoms with Crippen LogP contribution in [0.4, 0.5) is 0 Å². The first-order valence-electron chi connectivity index (χ1n) is 6.46. The predicted octanol–water partition coefficient (Wildman–Crippen LogP) is 2.91. The van der Waals surface area contributed by atoms with Gasteiger partial charge in [-0.15, -0.1) is 6.58 Å². The van der Waals surface area contributed by atoms with Crippen molar-refractivity contribution in [3.8, 4) is 0 Å². The number of hydrogen-bond donors (Lipinski definition) is 0. The van der Waals surface area contributed by atoms with Crippen molar-refractivity contribution in [2.45, 2.75) is 52.4 Å². The zero-order valence-corrected chi connectivity index (χ0v) is 11.0. The van der Waals surface area contributed by atoms with E-state index in [9.17, 15) is 9.59 Å². The van der Waals surface area contributed by atoms with Crippen molar-refractivity contribution in [2.75, 3.05) is 6.54 Å². The van der Waals surface area contributed by atoms with Gasteiger partial charge in [0.15, 0.2) is 0 Å². The Labute approximate surface area is 104 Å². The summed E-state index contributed by atoms with van der Waals surface area (Å²) in [5.41, 5.74) is -0.124. The predicted molar refractivity (Wildman–Crippen MR) is 68.4 cm³/mol. The fourth-order valence-electron chi connectivity index (χ4n) is 2.43. The summed E-state index contributed by atoms with van der Waals surface area (Å²) in [6.07, 6.45) is 7.02. The molecule has 3 nitrogen and oxygen atoms in total. The Hall–Kier alpha value is -1.12. The molecule has 1 aliphatic heterocycles.